The minimum absolute atomic E-state index is 0.0478. The Hall–Kier alpha value is -1.04. The molecule has 1 aromatic carbocycles. The number of nitrogens with two attached hydrogens (primary N) is 1. The summed E-state index contributed by atoms with van der Waals surface area (Å²) in [6, 6.07) is 3.38. The molecule has 80 valence electrons. The van der Waals surface area contributed by atoms with Gasteiger partial charge in [0.05, 0.1) is 12.4 Å². The van der Waals surface area contributed by atoms with E-state index in [1.54, 1.807) is 12.1 Å². The number of aliphatic hydroxyl groups excluding tert-OH is 1. The van der Waals surface area contributed by atoms with Gasteiger partial charge in [0, 0.05) is 22.0 Å². The molecule has 4 nitrogen and oxygen atoms in total. The fourth-order valence-electron chi connectivity index (χ4n) is 1.48. The molecule has 2 aromatic rings. The number of hydrogen-bond donors (Lipinski definition) is 3. The minimum atomic E-state index is -0.893. The second-order valence-corrected chi connectivity index (χ2v) is 4.07. The summed E-state index contributed by atoms with van der Waals surface area (Å²) in [4.78, 5) is 0. The third-order valence-corrected chi connectivity index (χ3v) is 2.93. The highest BCUT2D eigenvalue weighted by molar-refractivity contribution is 9.10. The van der Waals surface area contributed by atoms with Crippen LogP contribution in [0.25, 0.3) is 11.0 Å². The average Bonchev–Trinajstić information content (AvgIpc) is 2.71. The van der Waals surface area contributed by atoms with Crippen LogP contribution in [0.15, 0.2) is 27.3 Å². The molecular weight excluding hydrogens is 262 g/mol. The minimum Gasteiger partial charge on any atom is -0.504 e. The van der Waals surface area contributed by atoms with E-state index in [1.807, 2.05) is 0 Å². The highest BCUT2D eigenvalue weighted by atomic mass is 79.9. The van der Waals surface area contributed by atoms with Crippen LogP contribution in [-0.4, -0.2) is 16.8 Å². The van der Waals surface area contributed by atoms with Crippen LogP contribution in [0.4, 0.5) is 0 Å². The van der Waals surface area contributed by atoms with Crippen molar-refractivity contribution in [2.75, 3.05) is 6.54 Å². The summed E-state index contributed by atoms with van der Waals surface area (Å²) in [7, 11) is 0. The Bertz CT molecular complexity index is 495. The summed E-state index contributed by atoms with van der Waals surface area (Å²) >= 11 is 3.34. The quantitative estimate of drug-likeness (QED) is 0.780. The molecule has 1 aromatic heterocycles. The molecule has 0 fully saturated rings. The van der Waals surface area contributed by atoms with Crippen molar-refractivity contribution < 1.29 is 14.6 Å². The van der Waals surface area contributed by atoms with Gasteiger partial charge in [0.15, 0.2) is 11.3 Å². The van der Waals surface area contributed by atoms with Crippen LogP contribution in [0.3, 0.4) is 0 Å². The largest absolute Gasteiger partial charge is 0.504 e. The first-order chi connectivity index (χ1) is 7.15. The van der Waals surface area contributed by atoms with Crippen molar-refractivity contribution in [3.63, 3.8) is 0 Å². The van der Waals surface area contributed by atoms with Crippen molar-refractivity contribution in [3.05, 3.63) is 28.4 Å². The lowest BCUT2D eigenvalue weighted by Crippen LogP contribution is -2.11. The fourth-order valence-corrected chi connectivity index (χ4v) is 2.03. The molecule has 1 heterocycles. The maximum Gasteiger partial charge on any atom is 0.176 e. The average molecular weight is 272 g/mol. The smallest absolute Gasteiger partial charge is 0.176 e. The predicted molar refractivity (Wildman–Crippen MR) is 59.6 cm³/mol. The Balaban J connectivity index is 2.71. The highest BCUT2D eigenvalue weighted by Crippen LogP contribution is 2.37. The number of hydrogen-bond acceptors (Lipinski definition) is 4. The maximum atomic E-state index is 9.83. The molecule has 0 spiro atoms. The van der Waals surface area contributed by atoms with Gasteiger partial charge in [-0.25, -0.2) is 0 Å². The molecule has 15 heavy (non-hydrogen) atoms. The fraction of sp³-hybridized carbons (Fsp3) is 0.200. The number of aromatic hydroxyl groups is 1. The standard InChI is InChI=1S/C10H10BrNO3/c11-7-3-6(8(13)4-12)9(14)10-5(7)1-2-15-10/h1-3,8,13-14H,4,12H2. The summed E-state index contributed by atoms with van der Waals surface area (Å²) in [6.45, 7) is 0.0478. The predicted octanol–water partition coefficient (Wildman–Crippen LogP) is 1.89. The number of benzene rings is 1. The van der Waals surface area contributed by atoms with Crippen LogP contribution >= 0.6 is 15.9 Å². The highest BCUT2D eigenvalue weighted by Gasteiger charge is 2.17. The molecule has 0 bridgehead atoms. The SMILES string of the molecule is NCC(O)c1cc(Br)c2ccoc2c1O. The lowest BCUT2D eigenvalue weighted by Gasteiger charge is -2.11. The van der Waals surface area contributed by atoms with Gasteiger partial charge < -0.3 is 20.4 Å². The van der Waals surface area contributed by atoms with Crippen molar-refractivity contribution >= 4 is 26.9 Å². The molecule has 2 rings (SSSR count). The number of rotatable bonds is 2. The Morgan fingerprint density at radius 2 is 2.27 bits per heavy atom. The number of furan rings is 1. The van der Waals surface area contributed by atoms with Crippen LogP contribution in [0, 0.1) is 0 Å². The van der Waals surface area contributed by atoms with E-state index in [0.29, 0.717) is 11.1 Å². The zero-order valence-electron chi connectivity index (χ0n) is 7.77. The normalized spacial score (nSPS) is 13.3. The first kappa shape index (κ1) is 10.5. The zero-order valence-corrected chi connectivity index (χ0v) is 9.36. The number of aliphatic hydroxyl groups is 1. The molecule has 0 radical (unpaired) electrons. The Labute approximate surface area is 94.4 Å². The molecule has 0 aliphatic carbocycles. The Morgan fingerprint density at radius 1 is 1.53 bits per heavy atom. The summed E-state index contributed by atoms with van der Waals surface area (Å²) < 4.78 is 5.89. The van der Waals surface area contributed by atoms with Gasteiger partial charge in [-0.1, -0.05) is 15.9 Å². The monoisotopic (exact) mass is 271 g/mol. The van der Waals surface area contributed by atoms with Crippen LogP contribution in [0.5, 0.6) is 5.75 Å². The van der Waals surface area contributed by atoms with Gasteiger partial charge >= 0.3 is 0 Å². The van der Waals surface area contributed by atoms with E-state index >= 15 is 0 Å². The van der Waals surface area contributed by atoms with Crippen molar-refractivity contribution in [1.82, 2.24) is 0 Å². The lowest BCUT2D eigenvalue weighted by molar-refractivity contribution is 0.182. The number of phenols is 1. The van der Waals surface area contributed by atoms with Crippen molar-refractivity contribution in [2.24, 2.45) is 5.73 Å². The van der Waals surface area contributed by atoms with Crippen molar-refractivity contribution in [1.29, 1.82) is 0 Å². The van der Waals surface area contributed by atoms with E-state index in [-0.39, 0.29) is 12.3 Å². The van der Waals surface area contributed by atoms with Gasteiger partial charge in [-0.05, 0) is 12.1 Å². The Morgan fingerprint density at radius 3 is 2.93 bits per heavy atom. The third kappa shape index (κ3) is 1.62. The summed E-state index contributed by atoms with van der Waals surface area (Å²) in [5, 5.41) is 20.2. The number of fused-ring (bicyclic) bond motifs is 1. The first-order valence-electron chi connectivity index (χ1n) is 4.42. The topological polar surface area (TPSA) is 79.6 Å². The van der Waals surface area contributed by atoms with E-state index in [4.69, 9.17) is 10.2 Å². The number of halogens is 1. The van der Waals surface area contributed by atoms with Crippen LogP contribution in [0.2, 0.25) is 0 Å². The van der Waals surface area contributed by atoms with Gasteiger partial charge in [-0.2, -0.15) is 0 Å². The maximum absolute atomic E-state index is 9.83. The number of phenolic OH excluding ortho intramolecular Hbond substituents is 1. The molecule has 4 N–H and O–H groups in total. The molecule has 0 saturated carbocycles. The summed E-state index contributed by atoms with van der Waals surface area (Å²) in [5.74, 6) is -0.0591. The summed E-state index contributed by atoms with van der Waals surface area (Å²) in [5.41, 5.74) is 6.06. The second kappa shape index (κ2) is 3.84. The Kier molecular flexibility index (Phi) is 2.68. The van der Waals surface area contributed by atoms with Gasteiger partial charge in [0.2, 0.25) is 0 Å². The molecule has 0 saturated heterocycles. The second-order valence-electron chi connectivity index (χ2n) is 3.21. The van der Waals surface area contributed by atoms with Crippen molar-refractivity contribution in [2.45, 2.75) is 6.10 Å². The third-order valence-electron chi connectivity index (χ3n) is 2.28. The molecule has 1 unspecified atom stereocenters. The molecule has 5 heteroatoms. The van der Waals surface area contributed by atoms with E-state index < -0.39 is 6.10 Å². The van der Waals surface area contributed by atoms with Gasteiger partial charge in [-0.15, -0.1) is 0 Å². The first-order valence-corrected chi connectivity index (χ1v) is 5.21. The van der Waals surface area contributed by atoms with Gasteiger partial charge in [0.1, 0.15) is 0 Å². The van der Waals surface area contributed by atoms with E-state index in [2.05, 4.69) is 15.9 Å². The molecular formula is C10H10BrNO3. The van der Waals surface area contributed by atoms with Gasteiger partial charge in [0.25, 0.3) is 0 Å². The molecule has 0 aliphatic heterocycles. The van der Waals surface area contributed by atoms with Gasteiger partial charge in [-0.3, -0.25) is 0 Å². The summed E-state index contributed by atoms with van der Waals surface area (Å²) in [6.07, 6.45) is 0.587. The molecule has 0 aliphatic rings. The van der Waals surface area contributed by atoms with Crippen molar-refractivity contribution in [3.8, 4) is 5.75 Å². The lowest BCUT2D eigenvalue weighted by atomic mass is 10.1. The van der Waals surface area contributed by atoms with E-state index in [0.717, 1.165) is 9.86 Å². The van der Waals surface area contributed by atoms with E-state index in [9.17, 15) is 10.2 Å². The van der Waals surface area contributed by atoms with Crippen LogP contribution in [-0.2, 0) is 0 Å². The zero-order chi connectivity index (χ0) is 11.0. The van der Waals surface area contributed by atoms with Crippen LogP contribution in [0.1, 0.15) is 11.7 Å². The molecule has 0 amide bonds. The molecule has 1 atom stereocenters. The van der Waals surface area contributed by atoms with E-state index in [1.165, 1.54) is 6.26 Å². The van der Waals surface area contributed by atoms with Crippen LogP contribution < -0.4 is 5.73 Å².